The van der Waals surface area contributed by atoms with E-state index in [1.54, 1.807) is 6.07 Å². The minimum atomic E-state index is -0.118. The van der Waals surface area contributed by atoms with Gasteiger partial charge in [0, 0.05) is 0 Å². The summed E-state index contributed by atoms with van der Waals surface area (Å²) in [7, 11) is 0. The minimum absolute atomic E-state index is 0.118. The first kappa shape index (κ1) is 10.2. The van der Waals surface area contributed by atoms with Crippen molar-refractivity contribution in [2.24, 2.45) is 0 Å². The van der Waals surface area contributed by atoms with Gasteiger partial charge in [-0.15, -0.1) is 0 Å². The molecule has 1 rings (SSSR count). The van der Waals surface area contributed by atoms with Crippen LogP contribution in [-0.4, -0.2) is 0 Å². The van der Waals surface area contributed by atoms with E-state index in [-0.39, 0.29) is 5.82 Å². The van der Waals surface area contributed by atoms with Gasteiger partial charge < -0.3 is 0 Å². The molecule has 0 saturated carbocycles. The van der Waals surface area contributed by atoms with Gasteiger partial charge in [0.1, 0.15) is 5.82 Å². The van der Waals surface area contributed by atoms with Crippen LogP contribution in [0.1, 0.15) is 43.7 Å². The fraction of sp³-hybridized carbons (Fsp3) is 0.500. The molecule has 0 atom stereocenters. The second-order valence-corrected chi connectivity index (χ2v) is 3.51. The van der Waals surface area contributed by atoms with Crippen LogP contribution in [0.3, 0.4) is 0 Å². The molecular weight excluding hydrogens is 163 g/mol. The first-order valence-corrected chi connectivity index (χ1v) is 4.95. The molecule has 0 amide bonds. The molecule has 0 nitrogen and oxygen atoms in total. The Morgan fingerprint density at radius 1 is 1.23 bits per heavy atom. The van der Waals surface area contributed by atoms with E-state index in [2.05, 4.69) is 13.8 Å². The van der Waals surface area contributed by atoms with Gasteiger partial charge in [0.05, 0.1) is 0 Å². The zero-order valence-corrected chi connectivity index (χ0v) is 8.60. The number of hydrogen-bond donors (Lipinski definition) is 0. The average molecular weight is 180 g/mol. The fourth-order valence-electron chi connectivity index (χ4n) is 1.78. The van der Waals surface area contributed by atoms with Crippen molar-refractivity contribution in [3.63, 3.8) is 0 Å². The number of rotatable bonds is 3. The van der Waals surface area contributed by atoms with Crippen LogP contribution in [0.4, 0.5) is 4.39 Å². The summed E-state index contributed by atoms with van der Waals surface area (Å²) in [6.45, 7) is 6.35. The van der Waals surface area contributed by atoms with Gasteiger partial charge in [-0.05, 0) is 48.9 Å². The van der Waals surface area contributed by atoms with Crippen LogP contribution in [0, 0.1) is 12.7 Å². The Morgan fingerprint density at radius 2 is 1.85 bits per heavy atom. The number of halogens is 1. The lowest BCUT2D eigenvalue weighted by molar-refractivity contribution is 0.603. The molecule has 1 aromatic rings. The molecule has 0 bridgehead atoms. The lowest BCUT2D eigenvalue weighted by Crippen LogP contribution is -1.99. The Balaban J connectivity index is 3.03. The average Bonchev–Trinajstić information content (AvgIpc) is 2.13. The zero-order chi connectivity index (χ0) is 9.84. The monoisotopic (exact) mass is 180 g/mol. The van der Waals surface area contributed by atoms with Gasteiger partial charge in [-0.3, -0.25) is 0 Å². The van der Waals surface area contributed by atoms with Crippen LogP contribution < -0.4 is 0 Å². The summed E-state index contributed by atoms with van der Waals surface area (Å²) in [6.07, 6.45) is 2.17. The normalized spacial score (nSPS) is 10.8. The van der Waals surface area contributed by atoms with Crippen LogP contribution in [0.5, 0.6) is 0 Å². The quantitative estimate of drug-likeness (QED) is 0.658. The molecule has 0 N–H and O–H groups in total. The summed E-state index contributed by atoms with van der Waals surface area (Å²) < 4.78 is 13.0. The molecular formula is C12H17F. The Labute approximate surface area is 79.8 Å². The molecule has 0 heterocycles. The molecule has 72 valence electrons. The van der Waals surface area contributed by atoms with E-state index in [0.29, 0.717) is 5.92 Å². The maximum Gasteiger partial charge on any atom is 0.123 e. The van der Waals surface area contributed by atoms with Crippen molar-refractivity contribution in [3.8, 4) is 0 Å². The summed E-state index contributed by atoms with van der Waals surface area (Å²) in [5.74, 6) is 0.392. The van der Waals surface area contributed by atoms with Crippen LogP contribution >= 0.6 is 0 Å². The van der Waals surface area contributed by atoms with Crippen LogP contribution in [-0.2, 0) is 0 Å². The second-order valence-electron chi connectivity index (χ2n) is 3.51. The molecule has 0 radical (unpaired) electrons. The Kier molecular flexibility index (Phi) is 3.47. The van der Waals surface area contributed by atoms with Crippen molar-refractivity contribution >= 4 is 0 Å². The zero-order valence-electron chi connectivity index (χ0n) is 8.60. The van der Waals surface area contributed by atoms with Crippen molar-refractivity contribution < 1.29 is 4.39 Å². The molecule has 0 spiro atoms. The fourth-order valence-corrected chi connectivity index (χ4v) is 1.78. The molecule has 0 unspecified atom stereocenters. The van der Waals surface area contributed by atoms with Gasteiger partial charge in [0.2, 0.25) is 0 Å². The van der Waals surface area contributed by atoms with Gasteiger partial charge in [0.15, 0.2) is 0 Å². The molecule has 1 heteroatoms. The van der Waals surface area contributed by atoms with Crippen molar-refractivity contribution in [1.29, 1.82) is 0 Å². The standard InChI is InChI=1S/C12H17F/c1-4-10(5-2)12-8-11(13)7-6-9(12)3/h6-8,10H,4-5H2,1-3H3. The minimum Gasteiger partial charge on any atom is -0.207 e. The van der Waals surface area contributed by atoms with Crippen LogP contribution in [0.2, 0.25) is 0 Å². The van der Waals surface area contributed by atoms with Gasteiger partial charge in [-0.2, -0.15) is 0 Å². The van der Waals surface area contributed by atoms with Gasteiger partial charge in [-0.25, -0.2) is 4.39 Å². The van der Waals surface area contributed by atoms with Crippen molar-refractivity contribution in [1.82, 2.24) is 0 Å². The summed E-state index contributed by atoms with van der Waals surface area (Å²) in [4.78, 5) is 0. The molecule has 0 aromatic heterocycles. The van der Waals surface area contributed by atoms with Crippen molar-refractivity contribution in [2.45, 2.75) is 39.5 Å². The van der Waals surface area contributed by atoms with Crippen molar-refractivity contribution in [2.75, 3.05) is 0 Å². The third-order valence-electron chi connectivity index (χ3n) is 2.67. The maximum absolute atomic E-state index is 13.0. The smallest absolute Gasteiger partial charge is 0.123 e. The van der Waals surface area contributed by atoms with E-state index in [1.807, 2.05) is 13.0 Å². The van der Waals surface area contributed by atoms with Crippen molar-refractivity contribution in [3.05, 3.63) is 35.1 Å². The molecule has 0 saturated heterocycles. The third kappa shape index (κ3) is 2.30. The topological polar surface area (TPSA) is 0 Å². The maximum atomic E-state index is 13.0. The summed E-state index contributed by atoms with van der Waals surface area (Å²) in [5, 5.41) is 0. The van der Waals surface area contributed by atoms with E-state index in [1.165, 1.54) is 17.2 Å². The predicted octanol–water partition coefficient (Wildman–Crippen LogP) is 4.04. The number of hydrogen-bond acceptors (Lipinski definition) is 0. The molecule has 0 aliphatic rings. The lowest BCUT2D eigenvalue weighted by Gasteiger charge is -2.15. The highest BCUT2D eigenvalue weighted by Gasteiger charge is 2.10. The predicted molar refractivity (Wildman–Crippen MR) is 54.5 cm³/mol. The summed E-state index contributed by atoms with van der Waals surface area (Å²) in [5.41, 5.74) is 2.38. The van der Waals surface area contributed by atoms with E-state index in [9.17, 15) is 4.39 Å². The van der Waals surface area contributed by atoms with E-state index < -0.39 is 0 Å². The van der Waals surface area contributed by atoms with Gasteiger partial charge in [-0.1, -0.05) is 19.9 Å². The SMILES string of the molecule is CCC(CC)c1cc(F)ccc1C. The highest BCUT2D eigenvalue weighted by molar-refractivity contribution is 5.29. The molecule has 0 aliphatic heterocycles. The molecule has 0 aliphatic carbocycles. The van der Waals surface area contributed by atoms with E-state index in [4.69, 9.17) is 0 Å². The highest BCUT2D eigenvalue weighted by atomic mass is 19.1. The Morgan fingerprint density at radius 3 is 2.38 bits per heavy atom. The summed E-state index contributed by atoms with van der Waals surface area (Å²) in [6, 6.07) is 5.07. The first-order valence-electron chi connectivity index (χ1n) is 4.95. The third-order valence-corrected chi connectivity index (χ3v) is 2.67. The molecule has 13 heavy (non-hydrogen) atoms. The van der Waals surface area contributed by atoms with Crippen LogP contribution in [0.15, 0.2) is 18.2 Å². The Hall–Kier alpha value is -0.850. The van der Waals surface area contributed by atoms with E-state index >= 15 is 0 Å². The lowest BCUT2D eigenvalue weighted by atomic mass is 9.90. The molecule has 1 aromatic carbocycles. The van der Waals surface area contributed by atoms with Gasteiger partial charge in [0.25, 0.3) is 0 Å². The number of aryl methyl sites for hydroxylation is 1. The van der Waals surface area contributed by atoms with E-state index in [0.717, 1.165) is 12.8 Å². The Bertz CT molecular complexity index is 274. The highest BCUT2D eigenvalue weighted by Crippen LogP contribution is 2.26. The van der Waals surface area contributed by atoms with Gasteiger partial charge >= 0.3 is 0 Å². The molecule has 0 fully saturated rings. The number of benzene rings is 1. The largest absolute Gasteiger partial charge is 0.207 e. The van der Waals surface area contributed by atoms with Crippen LogP contribution in [0.25, 0.3) is 0 Å². The second kappa shape index (κ2) is 4.40. The first-order chi connectivity index (χ1) is 6.19. The summed E-state index contributed by atoms with van der Waals surface area (Å²) >= 11 is 0.